The standard InChI is InChI=1S/C12H37N7Si2/c1-14(2)20(15(3)4,16(5)6)13-21(17(7)8,18(9)10)19(11)12/h13H,1-12H3. The van der Waals surface area contributed by atoms with Gasteiger partial charge in [-0.1, -0.05) is 0 Å². The zero-order valence-electron chi connectivity index (χ0n) is 16.2. The Balaban J connectivity index is 6.06. The molecule has 0 heterocycles. The van der Waals surface area contributed by atoms with Gasteiger partial charge in [0.05, 0.1) is 0 Å². The van der Waals surface area contributed by atoms with Crippen LogP contribution < -0.4 is 4.65 Å². The highest BCUT2D eigenvalue weighted by atomic mass is 28.4. The van der Waals surface area contributed by atoms with Gasteiger partial charge in [-0.25, -0.2) is 0 Å². The first-order valence-corrected chi connectivity index (χ1v) is 10.9. The summed E-state index contributed by atoms with van der Waals surface area (Å²) in [4.78, 5) is 0. The summed E-state index contributed by atoms with van der Waals surface area (Å²) >= 11 is 0. The molecule has 7 nitrogen and oxygen atoms in total. The van der Waals surface area contributed by atoms with Crippen molar-refractivity contribution in [1.82, 2.24) is 32.0 Å². The summed E-state index contributed by atoms with van der Waals surface area (Å²) < 4.78 is 18.2. The average Bonchev–Trinajstić information content (AvgIpc) is 2.26. The monoisotopic (exact) mass is 335 g/mol. The highest BCUT2D eigenvalue weighted by molar-refractivity contribution is 6.85. The van der Waals surface area contributed by atoms with Crippen LogP contribution in [0.25, 0.3) is 0 Å². The van der Waals surface area contributed by atoms with Crippen molar-refractivity contribution in [2.75, 3.05) is 84.6 Å². The quantitative estimate of drug-likeness (QED) is 0.559. The van der Waals surface area contributed by atoms with Crippen LogP contribution in [0, 0.1) is 0 Å². The predicted octanol–water partition coefficient (Wildman–Crippen LogP) is -1.18. The summed E-state index contributed by atoms with van der Waals surface area (Å²) in [5.74, 6) is 0. The fourth-order valence-electron chi connectivity index (χ4n) is 3.30. The molecule has 0 aliphatic rings. The first-order chi connectivity index (χ1) is 9.37. The molecular formula is C12H37N7Si2. The lowest BCUT2D eigenvalue weighted by atomic mass is 11.2. The first-order valence-electron chi connectivity index (χ1n) is 7.21. The van der Waals surface area contributed by atoms with E-state index in [0.29, 0.717) is 0 Å². The fourth-order valence-corrected chi connectivity index (χ4v) is 15.3. The van der Waals surface area contributed by atoms with E-state index < -0.39 is 17.4 Å². The lowest BCUT2D eigenvalue weighted by molar-refractivity contribution is 0.326. The molecule has 0 aliphatic heterocycles. The normalized spacial score (nSPS) is 14.6. The van der Waals surface area contributed by atoms with Crippen LogP contribution in [-0.2, 0) is 0 Å². The Morgan fingerprint density at radius 3 is 0.619 bits per heavy atom. The van der Waals surface area contributed by atoms with E-state index in [1.54, 1.807) is 0 Å². The second kappa shape index (κ2) is 7.62. The van der Waals surface area contributed by atoms with Crippen LogP contribution >= 0.6 is 0 Å². The summed E-state index contributed by atoms with van der Waals surface area (Å²) in [5, 5.41) is 0. The van der Waals surface area contributed by atoms with Crippen molar-refractivity contribution in [3.05, 3.63) is 0 Å². The molecular weight excluding hydrogens is 298 g/mol. The minimum absolute atomic E-state index is 2.16. The highest BCUT2D eigenvalue weighted by Gasteiger charge is 2.55. The molecule has 0 fully saturated rings. The van der Waals surface area contributed by atoms with Crippen LogP contribution in [0.5, 0.6) is 0 Å². The molecule has 0 atom stereocenters. The van der Waals surface area contributed by atoms with Crippen LogP contribution in [0.1, 0.15) is 0 Å². The van der Waals surface area contributed by atoms with Gasteiger partial charge in [-0.3, -0.25) is 32.0 Å². The predicted molar refractivity (Wildman–Crippen MR) is 96.8 cm³/mol. The molecule has 0 aliphatic carbocycles. The van der Waals surface area contributed by atoms with Gasteiger partial charge in [0.25, 0.3) is 0 Å². The third-order valence-corrected chi connectivity index (χ3v) is 14.2. The van der Waals surface area contributed by atoms with Gasteiger partial charge in [0.2, 0.25) is 0 Å². The van der Waals surface area contributed by atoms with Gasteiger partial charge < -0.3 is 0 Å². The Morgan fingerprint density at radius 2 is 0.524 bits per heavy atom. The van der Waals surface area contributed by atoms with Gasteiger partial charge >= 0.3 is 17.4 Å². The third-order valence-electron chi connectivity index (χ3n) is 4.08. The molecule has 0 unspecified atom stereocenters. The van der Waals surface area contributed by atoms with Crippen LogP contribution in [0.15, 0.2) is 0 Å². The van der Waals surface area contributed by atoms with Gasteiger partial charge in [0.15, 0.2) is 0 Å². The summed E-state index contributed by atoms with van der Waals surface area (Å²) in [5.41, 5.74) is 0. The van der Waals surface area contributed by atoms with E-state index in [1.807, 2.05) is 0 Å². The maximum atomic E-state index is 4.11. The van der Waals surface area contributed by atoms with Crippen molar-refractivity contribution >= 4 is 17.4 Å². The zero-order valence-corrected chi connectivity index (χ0v) is 18.2. The van der Waals surface area contributed by atoms with E-state index in [4.69, 9.17) is 0 Å². The molecule has 0 aromatic carbocycles. The molecule has 0 spiro atoms. The summed E-state index contributed by atoms with van der Waals surface area (Å²) in [6.45, 7) is 0. The summed E-state index contributed by atoms with van der Waals surface area (Å²) in [7, 11) is 21.7. The zero-order chi connectivity index (χ0) is 17.2. The molecule has 0 rings (SSSR count). The second-order valence-corrected chi connectivity index (χ2v) is 15.7. The molecule has 21 heavy (non-hydrogen) atoms. The number of hydrogen-bond donors (Lipinski definition) is 1. The second-order valence-electron chi connectivity index (χ2n) is 6.76. The lowest BCUT2D eigenvalue weighted by Gasteiger charge is -2.55. The van der Waals surface area contributed by atoms with Crippen molar-refractivity contribution < 1.29 is 0 Å². The molecule has 0 bridgehead atoms. The van der Waals surface area contributed by atoms with Crippen molar-refractivity contribution in [2.45, 2.75) is 0 Å². The van der Waals surface area contributed by atoms with Crippen LogP contribution in [0.3, 0.4) is 0 Å². The Kier molecular flexibility index (Phi) is 7.67. The third kappa shape index (κ3) is 3.74. The Morgan fingerprint density at radius 1 is 0.381 bits per heavy atom. The molecule has 0 aromatic rings. The molecule has 0 saturated carbocycles. The summed E-state index contributed by atoms with van der Waals surface area (Å²) in [6, 6.07) is 0. The van der Waals surface area contributed by atoms with E-state index in [0.717, 1.165) is 0 Å². The number of hydrogen-bond acceptors (Lipinski definition) is 7. The van der Waals surface area contributed by atoms with Crippen LogP contribution in [0.4, 0.5) is 0 Å². The van der Waals surface area contributed by atoms with Gasteiger partial charge in [0, 0.05) is 0 Å². The molecule has 9 heteroatoms. The van der Waals surface area contributed by atoms with Gasteiger partial charge in [0.1, 0.15) is 0 Å². The van der Waals surface area contributed by atoms with E-state index >= 15 is 0 Å². The maximum Gasteiger partial charge on any atom is 0.369 e. The smallest absolute Gasteiger partial charge is 0.293 e. The molecule has 1 N–H and O–H groups in total. The van der Waals surface area contributed by atoms with Gasteiger partial charge in [-0.15, -0.1) is 0 Å². The molecule has 128 valence electrons. The van der Waals surface area contributed by atoms with Crippen molar-refractivity contribution in [3.8, 4) is 0 Å². The average molecular weight is 336 g/mol. The highest BCUT2D eigenvalue weighted by Crippen LogP contribution is 2.17. The SMILES string of the molecule is CN(C)[Si](N[Si](N(C)C)(N(C)C)N(C)C)(N(C)C)N(C)C. The van der Waals surface area contributed by atoms with Crippen molar-refractivity contribution in [1.29, 1.82) is 0 Å². The molecule has 0 aromatic heterocycles. The molecule has 0 radical (unpaired) electrons. The van der Waals surface area contributed by atoms with E-state index in [2.05, 4.69) is 117 Å². The van der Waals surface area contributed by atoms with E-state index in [9.17, 15) is 0 Å². The van der Waals surface area contributed by atoms with Gasteiger partial charge in [-0.05, 0) is 84.6 Å². The topological polar surface area (TPSA) is 31.5 Å². The minimum Gasteiger partial charge on any atom is -0.293 e. The summed E-state index contributed by atoms with van der Waals surface area (Å²) in [6.07, 6.45) is 0. The van der Waals surface area contributed by atoms with E-state index in [-0.39, 0.29) is 0 Å². The maximum absolute atomic E-state index is 4.11. The van der Waals surface area contributed by atoms with Crippen LogP contribution in [-0.4, -0.2) is 129 Å². The Hall–Kier alpha value is 0.154. The van der Waals surface area contributed by atoms with E-state index in [1.165, 1.54) is 0 Å². The minimum atomic E-state index is -2.16. The lowest BCUT2D eigenvalue weighted by Crippen LogP contribution is -2.91. The first kappa shape index (κ1) is 21.2. The van der Waals surface area contributed by atoms with Crippen molar-refractivity contribution in [2.24, 2.45) is 0 Å². The Labute approximate surface area is 134 Å². The van der Waals surface area contributed by atoms with Crippen LogP contribution in [0.2, 0.25) is 0 Å². The Bertz CT molecular complexity index is 245. The fraction of sp³-hybridized carbons (Fsp3) is 1.00. The largest absolute Gasteiger partial charge is 0.369 e. The van der Waals surface area contributed by atoms with Crippen molar-refractivity contribution in [3.63, 3.8) is 0 Å². The van der Waals surface area contributed by atoms with Gasteiger partial charge in [-0.2, -0.15) is 0 Å². The molecule has 0 amide bonds. The number of nitrogens with one attached hydrogen (secondary N) is 1. The number of rotatable bonds is 8. The number of nitrogens with zero attached hydrogens (tertiary/aromatic N) is 6. The molecule has 0 saturated heterocycles.